The Hall–Kier alpha value is -2.08. The number of pyridine rings is 1. The number of phenols is 1. The van der Waals surface area contributed by atoms with Gasteiger partial charge in [-0.2, -0.15) is 0 Å². The molecule has 0 unspecified atom stereocenters. The van der Waals surface area contributed by atoms with Crippen molar-refractivity contribution >= 4 is 28.0 Å². The van der Waals surface area contributed by atoms with E-state index in [9.17, 15) is 10.2 Å². The molecule has 0 bridgehead atoms. The number of aromatic hydroxyl groups is 2. The van der Waals surface area contributed by atoms with Crippen LogP contribution in [0.1, 0.15) is 12.5 Å². The molecular weight excluding hydrogens is 324 g/mol. The molecule has 2 N–H and O–H groups in total. The topological polar surface area (TPSA) is 74.9 Å². The molecule has 6 heteroatoms. The van der Waals surface area contributed by atoms with E-state index in [1.165, 1.54) is 18.5 Å². The Balaban J connectivity index is 2.36. The third kappa shape index (κ3) is 3.27. The van der Waals surface area contributed by atoms with Crippen LogP contribution in [0.25, 0.3) is 0 Å². The molecule has 0 amide bonds. The molecule has 2 aromatic rings. The van der Waals surface area contributed by atoms with E-state index in [-0.39, 0.29) is 17.3 Å². The molecule has 0 aliphatic heterocycles. The van der Waals surface area contributed by atoms with Gasteiger partial charge in [-0.15, -0.1) is 0 Å². The standard InChI is InChI=1S/C14H13BrN2O3/c1-2-20-12-7-10(15)6-9(13(12)19)8-17-14-11(18)4-3-5-16-14/h3-8,18-19H,2H2,1H3/b17-8+. The van der Waals surface area contributed by atoms with Crippen LogP contribution in [0.2, 0.25) is 0 Å². The molecular formula is C14H13BrN2O3. The third-order valence-electron chi connectivity index (χ3n) is 2.46. The molecule has 0 radical (unpaired) electrons. The van der Waals surface area contributed by atoms with Crippen LogP contribution < -0.4 is 4.74 Å². The molecule has 0 atom stereocenters. The van der Waals surface area contributed by atoms with E-state index in [1.807, 2.05) is 6.92 Å². The van der Waals surface area contributed by atoms with Crippen molar-refractivity contribution in [3.05, 3.63) is 40.5 Å². The van der Waals surface area contributed by atoms with E-state index >= 15 is 0 Å². The van der Waals surface area contributed by atoms with Gasteiger partial charge in [0.1, 0.15) is 0 Å². The number of nitrogens with zero attached hydrogens (tertiary/aromatic N) is 2. The smallest absolute Gasteiger partial charge is 0.194 e. The second-order valence-electron chi connectivity index (χ2n) is 3.88. The minimum Gasteiger partial charge on any atom is -0.504 e. The van der Waals surface area contributed by atoms with Crippen LogP contribution in [0.3, 0.4) is 0 Å². The summed E-state index contributed by atoms with van der Waals surface area (Å²) in [5, 5.41) is 19.7. The summed E-state index contributed by atoms with van der Waals surface area (Å²) in [7, 11) is 0. The maximum absolute atomic E-state index is 10.1. The zero-order chi connectivity index (χ0) is 14.5. The Labute approximate surface area is 124 Å². The summed E-state index contributed by atoms with van der Waals surface area (Å²) in [4.78, 5) is 7.99. The molecule has 1 heterocycles. The Morgan fingerprint density at radius 1 is 1.40 bits per heavy atom. The number of ether oxygens (including phenoxy) is 1. The van der Waals surface area contributed by atoms with Gasteiger partial charge in [0.25, 0.3) is 0 Å². The van der Waals surface area contributed by atoms with E-state index in [0.29, 0.717) is 17.9 Å². The monoisotopic (exact) mass is 336 g/mol. The van der Waals surface area contributed by atoms with E-state index in [2.05, 4.69) is 25.9 Å². The van der Waals surface area contributed by atoms with Crippen molar-refractivity contribution in [1.29, 1.82) is 0 Å². The summed E-state index contributed by atoms with van der Waals surface area (Å²) in [6, 6.07) is 6.47. The predicted octanol–water partition coefficient (Wildman–Crippen LogP) is 3.40. The van der Waals surface area contributed by atoms with Crippen molar-refractivity contribution in [1.82, 2.24) is 4.98 Å². The van der Waals surface area contributed by atoms with E-state index < -0.39 is 0 Å². The lowest BCUT2D eigenvalue weighted by molar-refractivity contribution is 0.317. The Morgan fingerprint density at radius 2 is 2.20 bits per heavy atom. The fourth-order valence-electron chi connectivity index (χ4n) is 1.58. The highest BCUT2D eigenvalue weighted by Gasteiger charge is 2.09. The van der Waals surface area contributed by atoms with Crippen LogP contribution in [0.15, 0.2) is 39.9 Å². The van der Waals surface area contributed by atoms with Gasteiger partial charge < -0.3 is 14.9 Å². The lowest BCUT2D eigenvalue weighted by atomic mass is 10.2. The van der Waals surface area contributed by atoms with E-state index in [4.69, 9.17) is 4.74 Å². The minimum absolute atomic E-state index is 0.00535. The van der Waals surface area contributed by atoms with Crippen molar-refractivity contribution in [2.75, 3.05) is 6.61 Å². The van der Waals surface area contributed by atoms with Gasteiger partial charge in [0, 0.05) is 22.4 Å². The van der Waals surface area contributed by atoms with Gasteiger partial charge in [-0.1, -0.05) is 15.9 Å². The predicted molar refractivity (Wildman–Crippen MR) is 80.1 cm³/mol. The van der Waals surface area contributed by atoms with Crippen molar-refractivity contribution < 1.29 is 14.9 Å². The Morgan fingerprint density at radius 3 is 2.90 bits per heavy atom. The van der Waals surface area contributed by atoms with E-state index in [1.54, 1.807) is 18.2 Å². The molecule has 0 saturated carbocycles. The first-order valence-electron chi connectivity index (χ1n) is 5.95. The lowest BCUT2D eigenvalue weighted by Gasteiger charge is -2.08. The van der Waals surface area contributed by atoms with Gasteiger partial charge in [-0.05, 0) is 31.2 Å². The second kappa shape index (κ2) is 6.38. The molecule has 0 spiro atoms. The zero-order valence-electron chi connectivity index (χ0n) is 10.7. The number of hydrogen-bond donors (Lipinski definition) is 2. The van der Waals surface area contributed by atoms with Crippen molar-refractivity contribution in [2.24, 2.45) is 4.99 Å². The number of aliphatic imine (C=N–C) groups is 1. The summed E-state index contributed by atoms with van der Waals surface area (Å²) in [6.45, 7) is 2.28. The van der Waals surface area contributed by atoms with Gasteiger partial charge in [0.2, 0.25) is 0 Å². The Bertz CT molecular complexity index is 644. The van der Waals surface area contributed by atoms with Crippen LogP contribution in [0, 0.1) is 0 Å². The molecule has 0 aliphatic rings. The van der Waals surface area contributed by atoms with Crippen molar-refractivity contribution in [3.63, 3.8) is 0 Å². The first-order valence-corrected chi connectivity index (χ1v) is 6.74. The highest BCUT2D eigenvalue weighted by molar-refractivity contribution is 9.10. The number of hydrogen-bond acceptors (Lipinski definition) is 5. The van der Waals surface area contributed by atoms with Crippen molar-refractivity contribution in [3.8, 4) is 17.2 Å². The SMILES string of the molecule is CCOc1cc(Br)cc(/C=N/c2ncccc2O)c1O. The minimum atomic E-state index is -0.0248. The van der Waals surface area contributed by atoms with Gasteiger partial charge in [0.15, 0.2) is 23.1 Å². The molecule has 0 saturated heterocycles. The highest BCUT2D eigenvalue weighted by atomic mass is 79.9. The summed E-state index contributed by atoms with van der Waals surface area (Å²) in [5.41, 5.74) is 0.466. The molecule has 1 aromatic heterocycles. The summed E-state index contributed by atoms with van der Waals surface area (Å²) in [6.07, 6.45) is 2.95. The van der Waals surface area contributed by atoms with Crippen molar-refractivity contribution in [2.45, 2.75) is 6.92 Å². The number of rotatable bonds is 4. The Kier molecular flexibility index (Phi) is 4.57. The second-order valence-corrected chi connectivity index (χ2v) is 4.79. The number of phenolic OH excluding ortho intramolecular Hbond substituents is 1. The summed E-state index contributed by atoms with van der Waals surface area (Å²) >= 11 is 3.34. The molecule has 0 aliphatic carbocycles. The summed E-state index contributed by atoms with van der Waals surface area (Å²) in [5.74, 6) is 0.524. The first-order chi connectivity index (χ1) is 9.61. The lowest BCUT2D eigenvalue weighted by Crippen LogP contribution is -1.94. The van der Waals surface area contributed by atoms with Crippen LogP contribution >= 0.6 is 15.9 Å². The van der Waals surface area contributed by atoms with Gasteiger partial charge >= 0.3 is 0 Å². The average Bonchev–Trinajstić information content (AvgIpc) is 2.42. The zero-order valence-corrected chi connectivity index (χ0v) is 12.3. The molecule has 104 valence electrons. The van der Waals surface area contributed by atoms with E-state index in [0.717, 1.165) is 4.47 Å². The van der Waals surface area contributed by atoms with Gasteiger partial charge in [-0.3, -0.25) is 0 Å². The maximum Gasteiger partial charge on any atom is 0.194 e. The largest absolute Gasteiger partial charge is 0.504 e. The fourth-order valence-corrected chi connectivity index (χ4v) is 2.03. The molecule has 5 nitrogen and oxygen atoms in total. The van der Waals surface area contributed by atoms with Gasteiger partial charge in [0.05, 0.1) is 6.61 Å². The van der Waals surface area contributed by atoms with Crippen LogP contribution in [0.4, 0.5) is 5.82 Å². The maximum atomic E-state index is 10.1. The van der Waals surface area contributed by atoms with Crippen LogP contribution in [-0.4, -0.2) is 28.0 Å². The number of aromatic nitrogens is 1. The summed E-state index contributed by atoms with van der Waals surface area (Å²) < 4.78 is 6.08. The quantitative estimate of drug-likeness (QED) is 0.839. The highest BCUT2D eigenvalue weighted by Crippen LogP contribution is 2.33. The van der Waals surface area contributed by atoms with Crippen LogP contribution in [-0.2, 0) is 0 Å². The average molecular weight is 337 g/mol. The molecule has 2 rings (SSSR count). The van der Waals surface area contributed by atoms with Gasteiger partial charge in [-0.25, -0.2) is 9.98 Å². The normalized spacial score (nSPS) is 10.9. The van der Waals surface area contributed by atoms with Crippen LogP contribution in [0.5, 0.6) is 17.2 Å². The fraction of sp³-hybridized carbons (Fsp3) is 0.143. The third-order valence-corrected chi connectivity index (χ3v) is 2.92. The first kappa shape index (κ1) is 14.3. The molecule has 1 aromatic carbocycles. The molecule has 0 fully saturated rings. The number of halogens is 1. The molecule has 20 heavy (non-hydrogen) atoms. The number of benzene rings is 1.